The molecule has 25 heavy (non-hydrogen) atoms. The number of urea groups is 1. The fourth-order valence-electron chi connectivity index (χ4n) is 3.19. The van der Waals surface area contributed by atoms with Crippen molar-refractivity contribution in [2.75, 3.05) is 14.2 Å². The minimum Gasteiger partial charge on any atom is -0.466 e. The van der Waals surface area contributed by atoms with E-state index >= 15 is 0 Å². The van der Waals surface area contributed by atoms with Gasteiger partial charge in [0.1, 0.15) is 0 Å². The van der Waals surface area contributed by atoms with Crippen LogP contribution in [-0.2, 0) is 19.1 Å². The number of hydrogen-bond acceptors (Lipinski definition) is 7. The highest BCUT2D eigenvalue weighted by molar-refractivity contribution is 5.88. The number of nitrogens with zero attached hydrogens (tertiary/aromatic N) is 2. The molecule has 2 amide bonds. The molecule has 2 unspecified atom stereocenters. The van der Waals surface area contributed by atoms with Gasteiger partial charge >= 0.3 is 18.0 Å². The molecule has 0 radical (unpaired) electrons. The third-order valence-corrected chi connectivity index (χ3v) is 5.99. The van der Waals surface area contributed by atoms with E-state index in [1.807, 2.05) is 13.8 Å². The van der Waals surface area contributed by atoms with Crippen LogP contribution in [0.3, 0.4) is 0 Å². The maximum atomic E-state index is 13.1. The van der Waals surface area contributed by atoms with E-state index < -0.39 is 46.9 Å². The van der Waals surface area contributed by atoms with Crippen LogP contribution >= 0.6 is 0 Å². The van der Waals surface area contributed by atoms with E-state index in [1.165, 1.54) is 0 Å². The van der Waals surface area contributed by atoms with Crippen molar-refractivity contribution in [3.63, 3.8) is 0 Å². The highest BCUT2D eigenvalue weighted by atomic mass is 16.5. The second-order valence-electron chi connectivity index (χ2n) is 7.56. The van der Waals surface area contributed by atoms with E-state index in [-0.39, 0.29) is 0 Å². The zero-order chi connectivity index (χ0) is 20.0. The summed E-state index contributed by atoms with van der Waals surface area (Å²) in [7, 11) is 2.17. The standard InChI is InChI=1S/C16H28N2O7/c1-14(2)15(3,4)17(9(19)11(21)24-7)13(23)18(16(14,5)6)10(20)12(22)25-8/h9-10,19-20H,1-8H3. The molecule has 0 spiro atoms. The van der Waals surface area contributed by atoms with Crippen LogP contribution in [0, 0.1) is 5.41 Å². The maximum Gasteiger partial charge on any atom is 0.356 e. The molecule has 2 atom stereocenters. The Morgan fingerprint density at radius 2 is 1.12 bits per heavy atom. The molecule has 1 heterocycles. The number of aliphatic hydroxyl groups is 2. The van der Waals surface area contributed by atoms with Crippen LogP contribution in [-0.4, -0.2) is 75.7 Å². The first-order chi connectivity index (χ1) is 11.2. The number of ether oxygens (including phenoxy) is 2. The number of aliphatic hydroxyl groups excluding tert-OH is 2. The Morgan fingerprint density at radius 1 is 0.840 bits per heavy atom. The second kappa shape index (κ2) is 6.45. The fraction of sp³-hybridized carbons (Fsp3) is 0.812. The van der Waals surface area contributed by atoms with Gasteiger partial charge in [-0.2, -0.15) is 0 Å². The second-order valence-corrected chi connectivity index (χ2v) is 7.56. The number of amides is 2. The molecule has 2 N–H and O–H groups in total. The van der Waals surface area contributed by atoms with Crippen molar-refractivity contribution < 1.29 is 34.1 Å². The first-order valence-electron chi connectivity index (χ1n) is 7.84. The van der Waals surface area contributed by atoms with E-state index in [0.29, 0.717) is 0 Å². The summed E-state index contributed by atoms with van der Waals surface area (Å²) in [4.78, 5) is 38.6. The Hall–Kier alpha value is -1.87. The lowest BCUT2D eigenvalue weighted by Crippen LogP contribution is -2.80. The van der Waals surface area contributed by atoms with Gasteiger partial charge in [-0.15, -0.1) is 0 Å². The van der Waals surface area contributed by atoms with Gasteiger partial charge in [-0.05, 0) is 27.7 Å². The first kappa shape index (κ1) is 21.2. The van der Waals surface area contributed by atoms with E-state index in [1.54, 1.807) is 27.7 Å². The molecule has 0 aromatic heterocycles. The van der Waals surface area contributed by atoms with Crippen LogP contribution in [0.2, 0.25) is 0 Å². The molecule has 0 saturated carbocycles. The number of hydrogen-bond donors (Lipinski definition) is 2. The predicted molar refractivity (Wildman–Crippen MR) is 87.1 cm³/mol. The predicted octanol–water partition coefficient (Wildman–Crippen LogP) is 0.290. The molecule has 144 valence electrons. The molecule has 9 heteroatoms. The van der Waals surface area contributed by atoms with Crippen LogP contribution in [0.1, 0.15) is 41.5 Å². The molecule has 0 bridgehead atoms. The molecule has 1 saturated heterocycles. The Morgan fingerprint density at radius 3 is 1.36 bits per heavy atom. The summed E-state index contributed by atoms with van der Waals surface area (Å²) in [5.74, 6) is -2.05. The summed E-state index contributed by atoms with van der Waals surface area (Å²) in [5.41, 5.74) is -2.82. The van der Waals surface area contributed by atoms with E-state index in [0.717, 1.165) is 24.0 Å². The van der Waals surface area contributed by atoms with Crippen molar-refractivity contribution in [1.29, 1.82) is 0 Å². The van der Waals surface area contributed by atoms with Gasteiger partial charge in [-0.3, -0.25) is 9.80 Å². The molecule has 9 nitrogen and oxygen atoms in total. The van der Waals surface area contributed by atoms with E-state index in [4.69, 9.17) is 0 Å². The topological polar surface area (TPSA) is 117 Å². The molecular formula is C16H28N2O7. The lowest BCUT2D eigenvalue weighted by molar-refractivity contribution is -0.206. The summed E-state index contributed by atoms with van der Waals surface area (Å²) in [6.07, 6.45) is -3.79. The smallest absolute Gasteiger partial charge is 0.356 e. The molecule has 0 aliphatic carbocycles. The van der Waals surface area contributed by atoms with E-state index in [9.17, 15) is 24.6 Å². The van der Waals surface area contributed by atoms with Crippen LogP contribution in [0.5, 0.6) is 0 Å². The van der Waals surface area contributed by atoms with Gasteiger partial charge in [-0.25, -0.2) is 14.4 Å². The lowest BCUT2D eigenvalue weighted by atomic mass is 9.59. The molecule has 1 aliphatic heterocycles. The highest BCUT2D eigenvalue weighted by Crippen LogP contribution is 2.52. The Labute approximate surface area is 147 Å². The largest absolute Gasteiger partial charge is 0.466 e. The number of carbonyl (C=O) groups is 3. The van der Waals surface area contributed by atoms with E-state index in [2.05, 4.69) is 9.47 Å². The number of esters is 2. The van der Waals surface area contributed by atoms with Gasteiger partial charge < -0.3 is 19.7 Å². The molecule has 0 aromatic carbocycles. The Kier molecular flexibility index (Phi) is 5.47. The quantitative estimate of drug-likeness (QED) is 0.692. The highest BCUT2D eigenvalue weighted by Gasteiger charge is 2.64. The van der Waals surface area contributed by atoms with Gasteiger partial charge in [0.25, 0.3) is 0 Å². The zero-order valence-electron chi connectivity index (χ0n) is 16.0. The van der Waals surface area contributed by atoms with Crippen molar-refractivity contribution in [2.24, 2.45) is 5.41 Å². The lowest BCUT2D eigenvalue weighted by Gasteiger charge is -2.65. The molecule has 1 fully saturated rings. The van der Waals surface area contributed by atoms with Crippen molar-refractivity contribution in [3.8, 4) is 0 Å². The monoisotopic (exact) mass is 360 g/mol. The average Bonchev–Trinajstić information content (AvgIpc) is 2.51. The summed E-state index contributed by atoms with van der Waals surface area (Å²) >= 11 is 0. The molecule has 0 aromatic rings. The van der Waals surface area contributed by atoms with Crippen LogP contribution in [0.15, 0.2) is 0 Å². The average molecular weight is 360 g/mol. The van der Waals surface area contributed by atoms with Gasteiger partial charge in [0.2, 0.25) is 12.5 Å². The Balaban J connectivity index is 3.59. The molecule has 1 aliphatic rings. The SMILES string of the molecule is COC(=O)C(O)N1C(=O)N(C(O)C(=O)OC)C(C)(C)C(C)(C)C1(C)C. The molecule has 1 rings (SSSR count). The first-order valence-corrected chi connectivity index (χ1v) is 7.84. The number of carbonyl (C=O) groups excluding carboxylic acids is 3. The van der Waals surface area contributed by atoms with Gasteiger partial charge in [0.05, 0.1) is 14.2 Å². The van der Waals surface area contributed by atoms with Crippen LogP contribution in [0.25, 0.3) is 0 Å². The van der Waals surface area contributed by atoms with Crippen LogP contribution in [0.4, 0.5) is 4.79 Å². The van der Waals surface area contributed by atoms with Crippen molar-refractivity contribution >= 4 is 18.0 Å². The summed E-state index contributed by atoms with van der Waals surface area (Å²) in [5, 5.41) is 20.7. The van der Waals surface area contributed by atoms with Crippen LogP contribution < -0.4 is 0 Å². The maximum absolute atomic E-state index is 13.1. The van der Waals surface area contributed by atoms with Crippen molar-refractivity contribution in [2.45, 2.75) is 65.1 Å². The fourth-order valence-corrected chi connectivity index (χ4v) is 3.19. The minimum absolute atomic E-state index is 0.780. The number of methoxy groups -OCH3 is 2. The Bertz CT molecular complexity index is 525. The molecular weight excluding hydrogens is 332 g/mol. The van der Waals surface area contributed by atoms with Gasteiger partial charge in [-0.1, -0.05) is 13.8 Å². The van der Waals surface area contributed by atoms with Crippen molar-refractivity contribution in [3.05, 3.63) is 0 Å². The van der Waals surface area contributed by atoms with Gasteiger partial charge in [0.15, 0.2) is 0 Å². The normalized spacial score (nSPS) is 23.7. The third-order valence-electron chi connectivity index (χ3n) is 5.99. The minimum atomic E-state index is -1.89. The summed E-state index contributed by atoms with van der Waals surface area (Å²) in [6, 6.07) is -0.884. The summed E-state index contributed by atoms with van der Waals surface area (Å²) < 4.78 is 9.07. The third kappa shape index (κ3) is 2.85. The van der Waals surface area contributed by atoms with Gasteiger partial charge in [0, 0.05) is 16.5 Å². The van der Waals surface area contributed by atoms with Crippen molar-refractivity contribution in [1.82, 2.24) is 9.80 Å². The number of rotatable bonds is 4. The zero-order valence-corrected chi connectivity index (χ0v) is 16.0. The summed E-state index contributed by atoms with van der Waals surface area (Å²) in [6.45, 7) is 10.4.